The number of piperazine rings is 1. The van der Waals surface area contributed by atoms with Crippen molar-refractivity contribution in [3.63, 3.8) is 0 Å². The van der Waals surface area contributed by atoms with Crippen molar-refractivity contribution in [1.82, 2.24) is 15.1 Å². The number of methoxy groups -OCH3 is 1. The molecule has 10 heteroatoms. The Balaban J connectivity index is 0.00000363. The maximum Gasteiger partial charge on any atom is 0.289 e. The fourth-order valence-electron chi connectivity index (χ4n) is 3.42. The molecule has 1 aliphatic heterocycles. The molecule has 1 N–H and O–H groups in total. The van der Waals surface area contributed by atoms with Gasteiger partial charge in [-0.15, -0.1) is 24.0 Å². The Bertz CT molecular complexity index is 900. The molecule has 0 spiro atoms. The Morgan fingerprint density at radius 3 is 2.53 bits per heavy atom. The maximum atomic E-state index is 12.5. The molecule has 1 aliphatic rings. The lowest BCUT2D eigenvalue weighted by atomic mass is 10.2. The molecule has 3 rings (SSSR count). The second kappa shape index (κ2) is 12.8. The van der Waals surface area contributed by atoms with Crippen LogP contribution in [0.2, 0.25) is 5.02 Å². The number of ether oxygens (including phenoxy) is 2. The van der Waals surface area contributed by atoms with Gasteiger partial charge in [0, 0.05) is 32.7 Å². The van der Waals surface area contributed by atoms with E-state index in [0.717, 1.165) is 18.1 Å². The van der Waals surface area contributed by atoms with Gasteiger partial charge in [-0.3, -0.25) is 4.79 Å². The normalized spacial score (nSPS) is 14.1. The van der Waals surface area contributed by atoms with Gasteiger partial charge in [-0.25, -0.2) is 4.99 Å². The van der Waals surface area contributed by atoms with Crippen LogP contribution in [0, 0.1) is 0 Å². The second-order valence-electron chi connectivity index (χ2n) is 6.97. The Hall–Kier alpha value is -2.14. The Morgan fingerprint density at radius 1 is 1.22 bits per heavy atom. The lowest BCUT2D eigenvalue weighted by Crippen LogP contribution is -2.53. The van der Waals surface area contributed by atoms with Crippen LogP contribution in [0.5, 0.6) is 11.5 Å². The molecule has 1 saturated heterocycles. The van der Waals surface area contributed by atoms with E-state index in [-0.39, 0.29) is 29.9 Å². The summed E-state index contributed by atoms with van der Waals surface area (Å²) in [4.78, 5) is 21.2. The lowest BCUT2D eigenvalue weighted by molar-refractivity contribution is 0.0657. The molecule has 0 radical (unpaired) electrons. The molecule has 1 aromatic carbocycles. The SMILES string of the molecule is CCNC(=NCc1cc(Cl)c(OCC)c(OC)c1)N1CCN(C(=O)c2ccco2)CC1.I. The Morgan fingerprint density at radius 2 is 1.94 bits per heavy atom. The van der Waals surface area contributed by atoms with E-state index in [4.69, 9.17) is 30.5 Å². The molecule has 1 amide bonds. The van der Waals surface area contributed by atoms with Crippen molar-refractivity contribution in [1.29, 1.82) is 0 Å². The van der Waals surface area contributed by atoms with E-state index >= 15 is 0 Å². The summed E-state index contributed by atoms with van der Waals surface area (Å²) in [5, 5.41) is 3.84. The van der Waals surface area contributed by atoms with Crippen LogP contribution < -0.4 is 14.8 Å². The van der Waals surface area contributed by atoms with Crippen molar-refractivity contribution in [2.45, 2.75) is 20.4 Å². The average molecular weight is 577 g/mol. The van der Waals surface area contributed by atoms with E-state index < -0.39 is 0 Å². The van der Waals surface area contributed by atoms with Crippen LogP contribution in [0.1, 0.15) is 30.0 Å². The number of furan rings is 1. The third kappa shape index (κ3) is 6.44. The maximum absolute atomic E-state index is 12.5. The van der Waals surface area contributed by atoms with Crippen LogP contribution in [0.4, 0.5) is 0 Å². The molecule has 0 unspecified atom stereocenters. The first-order valence-electron chi connectivity index (χ1n) is 10.4. The van der Waals surface area contributed by atoms with Crippen LogP contribution >= 0.6 is 35.6 Å². The first-order valence-corrected chi connectivity index (χ1v) is 10.8. The monoisotopic (exact) mass is 576 g/mol. The molecule has 1 aromatic heterocycles. The van der Waals surface area contributed by atoms with Gasteiger partial charge >= 0.3 is 0 Å². The van der Waals surface area contributed by atoms with Gasteiger partial charge in [0.05, 0.1) is 31.5 Å². The largest absolute Gasteiger partial charge is 0.493 e. The van der Waals surface area contributed by atoms with Crippen molar-refractivity contribution >= 4 is 47.4 Å². The number of benzene rings is 1. The van der Waals surface area contributed by atoms with Gasteiger partial charge < -0.3 is 29.0 Å². The van der Waals surface area contributed by atoms with Crippen molar-refractivity contribution < 1.29 is 18.7 Å². The van der Waals surface area contributed by atoms with Crippen molar-refractivity contribution in [2.75, 3.05) is 46.4 Å². The van der Waals surface area contributed by atoms with E-state index in [1.165, 1.54) is 6.26 Å². The zero-order valence-corrected chi connectivity index (χ0v) is 21.7. The molecule has 2 heterocycles. The van der Waals surface area contributed by atoms with E-state index in [1.807, 2.05) is 26.0 Å². The van der Waals surface area contributed by atoms with Crippen molar-refractivity contribution in [2.24, 2.45) is 4.99 Å². The number of hydrogen-bond acceptors (Lipinski definition) is 5. The van der Waals surface area contributed by atoms with Gasteiger partial charge in [0.25, 0.3) is 5.91 Å². The second-order valence-corrected chi connectivity index (χ2v) is 7.38. The van der Waals surface area contributed by atoms with Gasteiger partial charge in [-0.1, -0.05) is 11.6 Å². The highest BCUT2D eigenvalue weighted by atomic mass is 127. The molecule has 0 saturated carbocycles. The molecule has 0 aliphatic carbocycles. The van der Waals surface area contributed by atoms with Crippen LogP contribution in [0.3, 0.4) is 0 Å². The minimum atomic E-state index is -0.0808. The third-order valence-corrected chi connectivity index (χ3v) is 5.20. The number of rotatable bonds is 7. The number of halogens is 2. The van der Waals surface area contributed by atoms with Gasteiger partial charge in [-0.05, 0) is 43.7 Å². The number of nitrogens with one attached hydrogen (secondary N) is 1. The highest BCUT2D eigenvalue weighted by molar-refractivity contribution is 14.0. The highest BCUT2D eigenvalue weighted by Gasteiger charge is 2.25. The highest BCUT2D eigenvalue weighted by Crippen LogP contribution is 2.36. The summed E-state index contributed by atoms with van der Waals surface area (Å²) >= 11 is 6.38. The van der Waals surface area contributed by atoms with E-state index in [9.17, 15) is 4.79 Å². The van der Waals surface area contributed by atoms with E-state index in [1.54, 1.807) is 24.1 Å². The summed E-state index contributed by atoms with van der Waals surface area (Å²) in [5.41, 5.74) is 0.923. The third-order valence-electron chi connectivity index (χ3n) is 4.92. The lowest BCUT2D eigenvalue weighted by Gasteiger charge is -2.36. The predicted molar refractivity (Wildman–Crippen MR) is 136 cm³/mol. The Labute approximate surface area is 210 Å². The van der Waals surface area contributed by atoms with E-state index in [0.29, 0.717) is 61.6 Å². The minimum absolute atomic E-state index is 0. The van der Waals surface area contributed by atoms with Gasteiger partial charge in [0.2, 0.25) is 0 Å². The number of carbonyl (C=O) groups excluding carboxylic acids is 1. The summed E-state index contributed by atoms with van der Waals surface area (Å²) in [5.74, 6) is 2.23. The number of aliphatic imine (C=N–C) groups is 1. The fourth-order valence-corrected chi connectivity index (χ4v) is 3.71. The van der Waals surface area contributed by atoms with Crippen molar-refractivity contribution in [3.8, 4) is 11.5 Å². The molecule has 8 nitrogen and oxygen atoms in total. The molecule has 0 bridgehead atoms. The molecule has 1 fully saturated rings. The summed E-state index contributed by atoms with van der Waals surface area (Å²) in [6.45, 7) is 8.21. The predicted octanol–water partition coefficient (Wildman–Crippen LogP) is 3.88. The molecular formula is C22H30ClIN4O4. The number of amides is 1. The molecule has 2 aromatic rings. The fraction of sp³-hybridized carbons (Fsp3) is 0.455. The topological polar surface area (TPSA) is 79.5 Å². The summed E-state index contributed by atoms with van der Waals surface area (Å²) in [6, 6.07) is 7.16. The summed E-state index contributed by atoms with van der Waals surface area (Å²) in [6.07, 6.45) is 1.52. The zero-order valence-electron chi connectivity index (χ0n) is 18.6. The quantitative estimate of drug-likeness (QED) is 0.306. The molecular weight excluding hydrogens is 547 g/mol. The van der Waals surface area contributed by atoms with Crippen molar-refractivity contribution in [3.05, 3.63) is 46.9 Å². The van der Waals surface area contributed by atoms with Crippen LogP contribution in [-0.2, 0) is 6.54 Å². The standard InChI is InChI=1S/C22H29ClN4O4.HI/c1-4-24-22(25-15-16-13-17(23)20(30-5-2)19(14-16)29-3)27-10-8-26(9-11-27)21(28)18-7-6-12-31-18;/h6-7,12-14H,4-5,8-11,15H2,1-3H3,(H,24,25);1H. The van der Waals surface area contributed by atoms with E-state index in [2.05, 4.69) is 10.2 Å². The number of guanidine groups is 1. The van der Waals surface area contributed by atoms with Gasteiger partial charge in [0.15, 0.2) is 23.2 Å². The molecule has 176 valence electrons. The molecule has 32 heavy (non-hydrogen) atoms. The number of nitrogens with zero attached hydrogens (tertiary/aromatic N) is 3. The summed E-state index contributed by atoms with van der Waals surface area (Å²) in [7, 11) is 1.59. The molecule has 0 atom stereocenters. The Kier molecular flexibility index (Phi) is 10.4. The summed E-state index contributed by atoms with van der Waals surface area (Å²) < 4.78 is 16.2. The minimum Gasteiger partial charge on any atom is -0.493 e. The smallest absolute Gasteiger partial charge is 0.289 e. The number of carbonyl (C=O) groups is 1. The first-order chi connectivity index (χ1) is 15.1. The first kappa shape index (κ1) is 26.1. The van der Waals surface area contributed by atoms with Crippen LogP contribution in [0.15, 0.2) is 39.9 Å². The van der Waals surface area contributed by atoms with Gasteiger partial charge in [-0.2, -0.15) is 0 Å². The van der Waals surface area contributed by atoms with Crippen LogP contribution in [-0.4, -0.2) is 68.1 Å². The number of hydrogen-bond donors (Lipinski definition) is 1. The van der Waals surface area contributed by atoms with Crippen LogP contribution in [0.25, 0.3) is 0 Å². The zero-order chi connectivity index (χ0) is 22.2. The van der Waals surface area contributed by atoms with Gasteiger partial charge in [0.1, 0.15) is 0 Å². The average Bonchev–Trinajstić information content (AvgIpc) is 3.33.